The molecule has 1 fully saturated rings. The van der Waals surface area contributed by atoms with Crippen LogP contribution in [0.15, 0.2) is 27.6 Å². The van der Waals surface area contributed by atoms with Crippen LogP contribution in [0, 0.1) is 12.8 Å². The van der Waals surface area contributed by atoms with E-state index < -0.39 is 0 Å². The van der Waals surface area contributed by atoms with Gasteiger partial charge in [-0.1, -0.05) is 69.5 Å². The highest BCUT2D eigenvalue weighted by Gasteiger charge is 2.26. The zero-order valence-corrected chi connectivity index (χ0v) is 18.1. The Hall–Kier alpha value is -2.17. The van der Waals surface area contributed by atoms with Crippen LogP contribution >= 0.6 is 0 Å². The number of aliphatic imine (C=N–C) groups is 1. The van der Waals surface area contributed by atoms with Crippen LogP contribution in [0.3, 0.4) is 0 Å². The monoisotopic (exact) mass is 396 g/mol. The lowest BCUT2D eigenvalue weighted by Crippen LogP contribution is -2.13. The Kier molecular flexibility index (Phi) is 8.26. The molecule has 0 amide bonds. The van der Waals surface area contributed by atoms with Crippen molar-refractivity contribution in [1.82, 2.24) is 10.2 Å². The molecule has 0 spiro atoms. The average molecular weight is 397 g/mol. The van der Waals surface area contributed by atoms with Crippen molar-refractivity contribution < 1.29 is 4.42 Å². The average Bonchev–Trinajstić information content (AvgIpc) is 3.48. The van der Waals surface area contributed by atoms with Crippen molar-refractivity contribution in [3.63, 3.8) is 0 Å². The van der Waals surface area contributed by atoms with Crippen molar-refractivity contribution in [3.8, 4) is 11.5 Å². The van der Waals surface area contributed by atoms with E-state index in [1.54, 1.807) is 0 Å². The highest BCUT2D eigenvalue weighted by Crippen LogP contribution is 2.30. The Morgan fingerprint density at radius 3 is 2.41 bits per heavy atom. The first-order chi connectivity index (χ1) is 14.2. The SMILES string of the molecule is CCCCCCCCCCCc1cc(-c2nnc(/N=C(\N)C3CC3)o2)ccc1C. The molecular formula is C24H36N4O. The summed E-state index contributed by atoms with van der Waals surface area (Å²) in [6.07, 6.45) is 15.5. The van der Waals surface area contributed by atoms with Gasteiger partial charge >= 0.3 is 6.01 Å². The molecule has 0 unspecified atom stereocenters. The van der Waals surface area contributed by atoms with Gasteiger partial charge in [-0.15, -0.1) is 5.10 Å². The van der Waals surface area contributed by atoms with Crippen molar-refractivity contribution >= 4 is 11.9 Å². The Labute approximate surface area is 175 Å². The van der Waals surface area contributed by atoms with Gasteiger partial charge in [-0.25, -0.2) is 0 Å². The van der Waals surface area contributed by atoms with E-state index in [9.17, 15) is 0 Å². The maximum absolute atomic E-state index is 5.94. The van der Waals surface area contributed by atoms with Gasteiger partial charge in [0.05, 0.1) is 0 Å². The molecule has 1 aliphatic rings. The third kappa shape index (κ3) is 6.98. The minimum Gasteiger partial charge on any atom is -0.402 e. The van der Waals surface area contributed by atoms with Crippen molar-refractivity contribution in [3.05, 3.63) is 29.3 Å². The minimum absolute atomic E-state index is 0.255. The van der Waals surface area contributed by atoms with Gasteiger partial charge < -0.3 is 10.2 Å². The molecule has 1 aliphatic carbocycles. The number of aromatic nitrogens is 2. The van der Waals surface area contributed by atoms with E-state index in [0.717, 1.165) is 24.8 Å². The van der Waals surface area contributed by atoms with Crippen molar-refractivity contribution in [2.75, 3.05) is 0 Å². The fraction of sp³-hybridized carbons (Fsp3) is 0.625. The summed E-state index contributed by atoms with van der Waals surface area (Å²) in [5.74, 6) is 1.52. The fourth-order valence-electron chi connectivity index (χ4n) is 3.66. The minimum atomic E-state index is 0.255. The van der Waals surface area contributed by atoms with Crippen LogP contribution in [0.2, 0.25) is 0 Å². The van der Waals surface area contributed by atoms with Crippen LogP contribution in [-0.2, 0) is 6.42 Å². The molecule has 0 saturated heterocycles. The summed E-state index contributed by atoms with van der Waals surface area (Å²) in [5, 5.41) is 8.20. The van der Waals surface area contributed by atoms with Gasteiger partial charge in [0.1, 0.15) is 5.84 Å². The molecule has 0 bridgehead atoms. The predicted octanol–water partition coefficient (Wildman–Crippen LogP) is 6.52. The van der Waals surface area contributed by atoms with Crippen molar-refractivity contribution in [2.45, 2.75) is 90.9 Å². The van der Waals surface area contributed by atoms with E-state index in [-0.39, 0.29) is 6.01 Å². The number of hydrogen-bond acceptors (Lipinski definition) is 4. The van der Waals surface area contributed by atoms with Crippen LogP contribution in [0.25, 0.3) is 11.5 Å². The number of nitrogens with zero attached hydrogens (tertiary/aromatic N) is 3. The first-order valence-electron chi connectivity index (χ1n) is 11.4. The molecule has 158 valence electrons. The first kappa shape index (κ1) is 21.5. The molecule has 5 heteroatoms. The van der Waals surface area contributed by atoms with E-state index >= 15 is 0 Å². The Morgan fingerprint density at radius 1 is 1.03 bits per heavy atom. The number of benzene rings is 1. The summed E-state index contributed by atoms with van der Waals surface area (Å²) < 4.78 is 5.72. The third-order valence-corrected chi connectivity index (χ3v) is 5.78. The van der Waals surface area contributed by atoms with E-state index in [4.69, 9.17) is 10.2 Å². The lowest BCUT2D eigenvalue weighted by atomic mass is 9.98. The topological polar surface area (TPSA) is 77.3 Å². The van der Waals surface area contributed by atoms with Crippen molar-refractivity contribution in [2.24, 2.45) is 16.6 Å². The van der Waals surface area contributed by atoms with Gasteiger partial charge in [0.25, 0.3) is 0 Å². The molecule has 0 radical (unpaired) electrons. The normalized spacial score (nSPS) is 14.5. The van der Waals surface area contributed by atoms with Gasteiger partial charge in [0.15, 0.2) is 0 Å². The van der Waals surface area contributed by atoms with E-state index in [0.29, 0.717) is 17.6 Å². The number of hydrogen-bond donors (Lipinski definition) is 1. The Bertz CT molecular complexity index is 792. The molecular weight excluding hydrogens is 360 g/mol. The van der Waals surface area contributed by atoms with Crippen LogP contribution in [0.5, 0.6) is 0 Å². The maximum Gasteiger partial charge on any atom is 0.344 e. The van der Waals surface area contributed by atoms with Crippen LogP contribution in [-0.4, -0.2) is 16.0 Å². The Morgan fingerprint density at radius 2 is 1.72 bits per heavy atom. The van der Waals surface area contributed by atoms with Gasteiger partial charge in [-0.05, 0) is 55.9 Å². The number of unbranched alkanes of at least 4 members (excludes halogenated alkanes) is 8. The molecule has 29 heavy (non-hydrogen) atoms. The summed E-state index contributed by atoms with van der Waals surface area (Å²) in [5.41, 5.74) is 9.59. The van der Waals surface area contributed by atoms with E-state index in [1.807, 2.05) is 6.07 Å². The lowest BCUT2D eigenvalue weighted by Gasteiger charge is -2.07. The third-order valence-electron chi connectivity index (χ3n) is 5.78. The van der Waals surface area contributed by atoms with Crippen molar-refractivity contribution in [1.29, 1.82) is 0 Å². The smallest absolute Gasteiger partial charge is 0.344 e. The zero-order chi connectivity index (χ0) is 20.5. The molecule has 1 aromatic carbocycles. The molecule has 1 heterocycles. The van der Waals surface area contributed by atoms with Gasteiger partial charge in [0.2, 0.25) is 5.89 Å². The molecule has 1 aromatic heterocycles. The van der Waals surface area contributed by atoms with Gasteiger partial charge in [0, 0.05) is 11.5 Å². The lowest BCUT2D eigenvalue weighted by molar-refractivity contribution is 0.564. The summed E-state index contributed by atoms with van der Waals surface area (Å²) in [6, 6.07) is 6.63. The molecule has 2 N–H and O–H groups in total. The van der Waals surface area contributed by atoms with Crippen LogP contribution in [0.1, 0.15) is 88.7 Å². The van der Waals surface area contributed by atoms with Gasteiger partial charge in [-0.2, -0.15) is 4.99 Å². The molecule has 2 aromatic rings. The maximum atomic E-state index is 5.94. The summed E-state index contributed by atoms with van der Waals surface area (Å²) >= 11 is 0. The number of aryl methyl sites for hydroxylation is 2. The Balaban J connectivity index is 1.47. The summed E-state index contributed by atoms with van der Waals surface area (Å²) in [4.78, 5) is 4.26. The van der Waals surface area contributed by atoms with E-state index in [2.05, 4.69) is 41.2 Å². The van der Waals surface area contributed by atoms with E-state index in [1.165, 1.54) is 68.9 Å². The summed E-state index contributed by atoms with van der Waals surface area (Å²) in [7, 11) is 0. The standard InChI is InChI=1S/C24H36N4O/c1-3-4-5-6-7-8-9-10-11-12-20-17-21(14-13-18(20)2)23-27-28-24(29-23)26-22(25)19-15-16-19/h13-14,17,19H,3-12,15-16H2,1-2H3,(H2,25,26,28). The van der Waals surface area contributed by atoms with Crippen LogP contribution in [0.4, 0.5) is 6.01 Å². The second kappa shape index (κ2) is 11.1. The number of amidine groups is 1. The highest BCUT2D eigenvalue weighted by molar-refractivity contribution is 5.86. The number of nitrogens with two attached hydrogens (primary N) is 1. The molecule has 3 rings (SSSR count). The van der Waals surface area contributed by atoms with Gasteiger partial charge in [-0.3, -0.25) is 0 Å². The number of rotatable bonds is 13. The second-order valence-corrected chi connectivity index (χ2v) is 8.42. The predicted molar refractivity (Wildman–Crippen MR) is 119 cm³/mol. The largest absolute Gasteiger partial charge is 0.402 e. The first-order valence-corrected chi connectivity index (χ1v) is 11.4. The van der Waals surface area contributed by atoms with Crippen LogP contribution < -0.4 is 5.73 Å². The highest BCUT2D eigenvalue weighted by atomic mass is 16.4. The second-order valence-electron chi connectivity index (χ2n) is 8.42. The molecule has 0 atom stereocenters. The fourth-order valence-corrected chi connectivity index (χ4v) is 3.66. The zero-order valence-electron chi connectivity index (χ0n) is 18.1. The molecule has 0 aliphatic heterocycles. The summed E-state index contributed by atoms with van der Waals surface area (Å²) in [6.45, 7) is 4.44. The quantitative estimate of drug-likeness (QED) is 0.237. The molecule has 5 nitrogen and oxygen atoms in total. The molecule has 1 saturated carbocycles.